The standard InChI is InChI=1S/C14H16N2O6S2/c17-5-6-9(18)11(20)12(21)13(22-6)16-14-15-4-8(24-14)10(19)7-2-1-3-23-7/h1-4,6,9,11-13,17-18,20-21H,5H2,(H,15,16)/t6-,9-,11+,12+,13+/m1/s1. The minimum absolute atomic E-state index is 0.149. The largest absolute Gasteiger partial charge is 0.394 e. The Kier molecular flexibility index (Phi) is 5.25. The van der Waals surface area contributed by atoms with E-state index in [-0.39, 0.29) is 5.78 Å². The first kappa shape index (κ1) is 17.4. The maximum atomic E-state index is 12.2. The second kappa shape index (κ2) is 7.23. The number of rotatable bonds is 5. The molecular weight excluding hydrogens is 356 g/mol. The van der Waals surface area contributed by atoms with Crippen molar-refractivity contribution in [2.24, 2.45) is 0 Å². The fourth-order valence-electron chi connectivity index (χ4n) is 2.32. The van der Waals surface area contributed by atoms with E-state index in [1.54, 1.807) is 17.5 Å². The number of hydrogen-bond donors (Lipinski definition) is 5. The molecule has 1 aliphatic rings. The van der Waals surface area contributed by atoms with Gasteiger partial charge in [-0.25, -0.2) is 4.98 Å². The molecule has 130 valence electrons. The van der Waals surface area contributed by atoms with Gasteiger partial charge in [0.15, 0.2) is 11.4 Å². The van der Waals surface area contributed by atoms with Crippen LogP contribution in [0.2, 0.25) is 0 Å². The van der Waals surface area contributed by atoms with Gasteiger partial charge >= 0.3 is 0 Å². The van der Waals surface area contributed by atoms with Crippen LogP contribution >= 0.6 is 22.7 Å². The molecule has 0 aliphatic carbocycles. The van der Waals surface area contributed by atoms with Crippen molar-refractivity contribution in [1.82, 2.24) is 4.98 Å². The van der Waals surface area contributed by atoms with Gasteiger partial charge < -0.3 is 30.5 Å². The van der Waals surface area contributed by atoms with Crippen molar-refractivity contribution in [2.45, 2.75) is 30.6 Å². The Labute approximate surface area is 145 Å². The van der Waals surface area contributed by atoms with Crippen molar-refractivity contribution in [3.05, 3.63) is 33.5 Å². The van der Waals surface area contributed by atoms with Gasteiger partial charge in [0.25, 0.3) is 0 Å². The van der Waals surface area contributed by atoms with Gasteiger partial charge in [0.1, 0.15) is 24.4 Å². The molecule has 8 nitrogen and oxygen atoms in total. The summed E-state index contributed by atoms with van der Waals surface area (Å²) in [6, 6.07) is 3.50. The van der Waals surface area contributed by atoms with E-state index in [1.165, 1.54) is 17.5 Å². The number of nitrogens with zero attached hydrogens (tertiary/aromatic N) is 1. The number of aliphatic hydroxyl groups excluding tert-OH is 4. The first-order valence-electron chi connectivity index (χ1n) is 7.12. The number of ketones is 1. The third-order valence-corrected chi connectivity index (χ3v) is 5.43. The number of hydrogen-bond acceptors (Lipinski definition) is 10. The molecule has 0 unspecified atom stereocenters. The van der Waals surface area contributed by atoms with Crippen molar-refractivity contribution in [3.8, 4) is 0 Å². The zero-order chi connectivity index (χ0) is 17.3. The number of ether oxygens (including phenoxy) is 1. The lowest BCUT2D eigenvalue weighted by Crippen LogP contribution is -2.60. The minimum Gasteiger partial charge on any atom is -0.394 e. The van der Waals surface area contributed by atoms with E-state index in [1.807, 2.05) is 0 Å². The van der Waals surface area contributed by atoms with E-state index < -0.39 is 37.3 Å². The van der Waals surface area contributed by atoms with Crippen molar-refractivity contribution < 1.29 is 30.0 Å². The Hall–Kier alpha value is -1.40. The number of thiophene rings is 1. The second-order valence-corrected chi connectivity index (χ2v) is 7.21. The predicted molar refractivity (Wildman–Crippen MR) is 87.3 cm³/mol. The van der Waals surface area contributed by atoms with Gasteiger partial charge in [0, 0.05) is 0 Å². The normalized spacial score (nSPS) is 30.2. The van der Waals surface area contributed by atoms with E-state index in [0.29, 0.717) is 14.9 Å². The lowest BCUT2D eigenvalue weighted by atomic mass is 9.98. The molecule has 0 radical (unpaired) electrons. The van der Waals surface area contributed by atoms with Crippen LogP contribution in [0.25, 0.3) is 0 Å². The molecule has 24 heavy (non-hydrogen) atoms. The van der Waals surface area contributed by atoms with E-state index in [9.17, 15) is 20.1 Å². The fourth-order valence-corrected chi connectivity index (χ4v) is 3.86. The van der Waals surface area contributed by atoms with E-state index in [4.69, 9.17) is 9.84 Å². The van der Waals surface area contributed by atoms with E-state index in [2.05, 4.69) is 10.3 Å². The molecule has 2 aromatic heterocycles. The SMILES string of the molecule is O=C(c1cccs1)c1cnc(N[C@H]2O[C@H](CO)[C@@H](O)[C@H](O)[C@@H]2O)s1. The highest BCUT2D eigenvalue weighted by Gasteiger charge is 2.43. The maximum absolute atomic E-state index is 12.2. The molecule has 3 rings (SSSR count). The van der Waals surface area contributed by atoms with Gasteiger partial charge in [0.05, 0.1) is 22.6 Å². The molecule has 1 fully saturated rings. The van der Waals surface area contributed by atoms with E-state index in [0.717, 1.165) is 11.3 Å². The number of aliphatic hydroxyl groups is 4. The van der Waals surface area contributed by atoms with Crippen LogP contribution in [0.15, 0.2) is 23.7 Å². The van der Waals surface area contributed by atoms with Crippen molar-refractivity contribution in [2.75, 3.05) is 11.9 Å². The van der Waals surface area contributed by atoms with E-state index >= 15 is 0 Å². The van der Waals surface area contributed by atoms with Gasteiger partial charge in [0.2, 0.25) is 5.78 Å². The third kappa shape index (κ3) is 3.35. The molecular formula is C14H16N2O6S2. The summed E-state index contributed by atoms with van der Waals surface area (Å²) in [7, 11) is 0. The Bertz CT molecular complexity index is 689. The zero-order valence-electron chi connectivity index (χ0n) is 12.3. The van der Waals surface area contributed by atoms with Gasteiger partial charge in [-0.05, 0) is 11.4 Å². The van der Waals surface area contributed by atoms with Crippen molar-refractivity contribution in [3.63, 3.8) is 0 Å². The number of nitrogens with one attached hydrogen (secondary N) is 1. The molecule has 1 saturated heterocycles. The van der Waals surface area contributed by atoms with Gasteiger partial charge in [-0.1, -0.05) is 17.4 Å². The van der Waals surface area contributed by atoms with Gasteiger partial charge in [-0.2, -0.15) is 0 Å². The summed E-state index contributed by atoms with van der Waals surface area (Å²) in [6.45, 7) is -0.511. The number of thiazole rings is 1. The second-order valence-electron chi connectivity index (χ2n) is 5.23. The summed E-state index contributed by atoms with van der Waals surface area (Å²) in [4.78, 5) is 17.3. The fraction of sp³-hybridized carbons (Fsp3) is 0.429. The molecule has 0 saturated carbocycles. The molecule has 2 aromatic rings. The summed E-state index contributed by atoms with van der Waals surface area (Å²) < 4.78 is 5.34. The number of anilines is 1. The molecule has 10 heteroatoms. The highest BCUT2D eigenvalue weighted by atomic mass is 32.1. The average molecular weight is 372 g/mol. The molecule has 0 aromatic carbocycles. The molecule has 1 aliphatic heterocycles. The first-order chi connectivity index (χ1) is 11.5. The van der Waals surface area contributed by atoms with Crippen LogP contribution in [0, 0.1) is 0 Å². The Morgan fingerprint density at radius 2 is 2.04 bits per heavy atom. The quantitative estimate of drug-likeness (QED) is 0.450. The van der Waals surface area contributed by atoms with Crippen LogP contribution in [0.5, 0.6) is 0 Å². The first-order valence-corrected chi connectivity index (χ1v) is 8.82. The summed E-state index contributed by atoms with van der Waals surface area (Å²) in [6.07, 6.45) is -4.97. The molecule has 3 heterocycles. The predicted octanol–water partition coefficient (Wildman–Crippen LogP) is -0.353. The van der Waals surface area contributed by atoms with Crippen molar-refractivity contribution in [1.29, 1.82) is 0 Å². The summed E-state index contributed by atoms with van der Waals surface area (Å²) in [5, 5.41) is 43.6. The number of carbonyl (C=O) groups is 1. The van der Waals surface area contributed by atoms with Crippen LogP contribution in [0.3, 0.4) is 0 Å². The molecule has 0 spiro atoms. The number of aromatic nitrogens is 1. The van der Waals surface area contributed by atoms with Gasteiger partial charge in [-0.3, -0.25) is 4.79 Å². The zero-order valence-corrected chi connectivity index (χ0v) is 13.9. The lowest BCUT2D eigenvalue weighted by Gasteiger charge is -2.40. The van der Waals surface area contributed by atoms with Crippen LogP contribution in [-0.4, -0.2) is 68.4 Å². The molecule has 0 bridgehead atoms. The van der Waals surface area contributed by atoms with Crippen molar-refractivity contribution >= 4 is 33.6 Å². The molecule has 0 amide bonds. The summed E-state index contributed by atoms with van der Waals surface area (Å²) in [5.74, 6) is -0.149. The van der Waals surface area contributed by atoms with Crippen LogP contribution in [-0.2, 0) is 4.74 Å². The summed E-state index contributed by atoms with van der Waals surface area (Å²) >= 11 is 2.41. The smallest absolute Gasteiger partial charge is 0.214 e. The summed E-state index contributed by atoms with van der Waals surface area (Å²) in [5.41, 5.74) is 0. The molecule has 5 N–H and O–H groups in total. The monoisotopic (exact) mass is 372 g/mol. The highest BCUT2D eigenvalue weighted by Crippen LogP contribution is 2.27. The minimum atomic E-state index is -1.47. The van der Waals surface area contributed by atoms with Crippen LogP contribution in [0.4, 0.5) is 5.13 Å². The Balaban J connectivity index is 1.71. The Morgan fingerprint density at radius 3 is 2.71 bits per heavy atom. The van der Waals surface area contributed by atoms with Crippen LogP contribution in [0.1, 0.15) is 14.5 Å². The van der Waals surface area contributed by atoms with Crippen LogP contribution < -0.4 is 5.32 Å². The lowest BCUT2D eigenvalue weighted by molar-refractivity contribution is -0.221. The average Bonchev–Trinajstić information content (AvgIpc) is 3.26. The topological polar surface area (TPSA) is 132 Å². The molecule has 5 atom stereocenters. The number of carbonyl (C=O) groups excluding carboxylic acids is 1. The maximum Gasteiger partial charge on any atom is 0.214 e. The van der Waals surface area contributed by atoms with Gasteiger partial charge in [-0.15, -0.1) is 11.3 Å². The Morgan fingerprint density at radius 1 is 1.25 bits per heavy atom. The highest BCUT2D eigenvalue weighted by molar-refractivity contribution is 7.19. The third-order valence-electron chi connectivity index (χ3n) is 3.63.